The fraction of sp³-hybridized carbons (Fsp3) is 0.435. The number of para-hydroxylation sites is 1. The molecule has 2 N–H and O–H groups in total. The minimum Gasteiger partial charge on any atom is -0.490 e. The molecule has 0 fully saturated rings. The van der Waals surface area contributed by atoms with Gasteiger partial charge < -0.3 is 24.8 Å². The largest absolute Gasteiger partial charge is 0.490 e. The highest BCUT2D eigenvalue weighted by molar-refractivity contribution is 6.01. The monoisotopic (exact) mass is 400 g/mol. The van der Waals surface area contributed by atoms with E-state index in [-0.39, 0.29) is 6.03 Å². The minimum absolute atomic E-state index is 0.311. The summed E-state index contributed by atoms with van der Waals surface area (Å²) in [6, 6.07) is 9.29. The summed E-state index contributed by atoms with van der Waals surface area (Å²) in [5, 5.41) is 5.90. The Morgan fingerprint density at radius 2 is 1.31 bits per heavy atom. The van der Waals surface area contributed by atoms with E-state index in [2.05, 4.69) is 24.5 Å². The lowest BCUT2D eigenvalue weighted by Gasteiger charge is -2.18. The average Bonchev–Trinajstić information content (AvgIpc) is 2.71. The number of amides is 2. The molecule has 29 heavy (non-hydrogen) atoms. The van der Waals surface area contributed by atoms with Crippen LogP contribution in [0, 0.1) is 0 Å². The van der Waals surface area contributed by atoms with Crippen molar-refractivity contribution in [2.75, 3.05) is 30.5 Å². The normalized spacial score (nSPS) is 10.4. The summed E-state index contributed by atoms with van der Waals surface area (Å²) in [5.41, 5.74) is 3.66. The molecule has 0 aliphatic carbocycles. The molecule has 2 amide bonds. The first-order valence-electron chi connectivity index (χ1n) is 10.3. The Labute approximate surface area is 173 Å². The van der Waals surface area contributed by atoms with Crippen molar-refractivity contribution in [1.29, 1.82) is 0 Å². The second-order valence-corrected chi connectivity index (χ2v) is 6.34. The lowest BCUT2D eigenvalue weighted by Crippen LogP contribution is -2.21. The Kier molecular flexibility index (Phi) is 8.65. The van der Waals surface area contributed by atoms with E-state index in [0.717, 1.165) is 29.7 Å². The molecule has 2 aromatic rings. The molecule has 0 aliphatic rings. The predicted molar refractivity (Wildman–Crippen MR) is 118 cm³/mol. The summed E-state index contributed by atoms with van der Waals surface area (Å²) in [4.78, 5) is 12.7. The van der Waals surface area contributed by atoms with Crippen molar-refractivity contribution in [3.05, 3.63) is 41.5 Å². The quantitative estimate of drug-likeness (QED) is 0.541. The van der Waals surface area contributed by atoms with E-state index < -0.39 is 0 Å². The fourth-order valence-corrected chi connectivity index (χ4v) is 3.14. The fourth-order valence-electron chi connectivity index (χ4n) is 3.14. The molecule has 0 unspecified atom stereocenters. The van der Waals surface area contributed by atoms with Gasteiger partial charge in [0.05, 0.1) is 25.5 Å². The number of anilines is 2. The second-order valence-electron chi connectivity index (χ2n) is 6.34. The molecule has 6 heteroatoms. The number of hydrogen-bond donors (Lipinski definition) is 2. The van der Waals surface area contributed by atoms with Crippen LogP contribution in [0.4, 0.5) is 16.2 Å². The average molecular weight is 401 g/mol. The Morgan fingerprint density at radius 1 is 0.793 bits per heavy atom. The highest BCUT2D eigenvalue weighted by Gasteiger charge is 2.17. The third-order valence-electron chi connectivity index (χ3n) is 4.40. The summed E-state index contributed by atoms with van der Waals surface area (Å²) >= 11 is 0. The minimum atomic E-state index is -0.311. The molecule has 0 radical (unpaired) electrons. The predicted octanol–water partition coefficient (Wildman–Crippen LogP) is 5.65. The van der Waals surface area contributed by atoms with Gasteiger partial charge in [-0.2, -0.15) is 0 Å². The van der Waals surface area contributed by atoms with Crippen molar-refractivity contribution >= 4 is 17.4 Å². The molecular formula is C23H32N2O4. The van der Waals surface area contributed by atoms with Crippen LogP contribution in [0.25, 0.3) is 0 Å². The van der Waals surface area contributed by atoms with Crippen molar-refractivity contribution in [3.63, 3.8) is 0 Å². The van der Waals surface area contributed by atoms with E-state index in [4.69, 9.17) is 14.2 Å². The molecule has 6 nitrogen and oxygen atoms in total. The van der Waals surface area contributed by atoms with Gasteiger partial charge in [0.2, 0.25) is 5.75 Å². The van der Waals surface area contributed by atoms with E-state index in [0.29, 0.717) is 42.8 Å². The van der Waals surface area contributed by atoms with Gasteiger partial charge in [-0.3, -0.25) is 0 Å². The van der Waals surface area contributed by atoms with E-state index in [1.54, 1.807) is 12.1 Å². The lowest BCUT2D eigenvalue weighted by atomic mass is 10.0. The van der Waals surface area contributed by atoms with Gasteiger partial charge in [-0.1, -0.05) is 32.0 Å². The Bertz CT molecular complexity index is 771. The molecular weight excluding hydrogens is 368 g/mol. The maximum absolute atomic E-state index is 12.7. The van der Waals surface area contributed by atoms with Crippen molar-refractivity contribution in [2.24, 2.45) is 0 Å². The summed E-state index contributed by atoms with van der Waals surface area (Å²) in [6.07, 6.45) is 1.69. The first-order valence-corrected chi connectivity index (χ1v) is 10.3. The molecule has 0 aliphatic heterocycles. The molecule has 0 bridgehead atoms. The number of aryl methyl sites for hydroxylation is 2. The highest BCUT2D eigenvalue weighted by atomic mass is 16.5. The van der Waals surface area contributed by atoms with Crippen LogP contribution in [0.2, 0.25) is 0 Å². The van der Waals surface area contributed by atoms with Gasteiger partial charge in [0.15, 0.2) is 11.5 Å². The molecule has 158 valence electrons. The van der Waals surface area contributed by atoms with Gasteiger partial charge in [-0.25, -0.2) is 4.79 Å². The van der Waals surface area contributed by atoms with Crippen molar-refractivity contribution in [1.82, 2.24) is 0 Å². The summed E-state index contributed by atoms with van der Waals surface area (Å²) < 4.78 is 17.1. The van der Waals surface area contributed by atoms with E-state index in [9.17, 15) is 4.79 Å². The summed E-state index contributed by atoms with van der Waals surface area (Å²) in [7, 11) is 0. The van der Waals surface area contributed by atoms with Gasteiger partial charge in [0.25, 0.3) is 0 Å². The number of urea groups is 1. The maximum Gasteiger partial charge on any atom is 0.323 e. The number of benzene rings is 2. The first kappa shape index (κ1) is 22.4. The smallest absolute Gasteiger partial charge is 0.323 e. The second kappa shape index (κ2) is 11.2. The van der Waals surface area contributed by atoms with Crippen LogP contribution in [0.5, 0.6) is 17.2 Å². The van der Waals surface area contributed by atoms with Gasteiger partial charge in [-0.05, 0) is 44.7 Å². The maximum atomic E-state index is 12.7. The van der Waals surface area contributed by atoms with E-state index in [1.165, 1.54) is 0 Å². The first-order chi connectivity index (χ1) is 14.1. The van der Waals surface area contributed by atoms with Gasteiger partial charge in [-0.15, -0.1) is 0 Å². The number of rotatable bonds is 10. The Morgan fingerprint density at radius 3 is 1.76 bits per heavy atom. The standard InChI is InChI=1S/C23H32N2O4/c1-6-16-12-11-13-17(7-2)21(16)25-23(26)24-18-14-19(27-8-3)22(29-10-5)20(15-18)28-9-4/h11-15H,6-10H2,1-5H3,(H2,24,25,26). The number of carbonyl (C=O) groups is 1. The summed E-state index contributed by atoms with van der Waals surface area (Å²) in [5.74, 6) is 1.63. The zero-order valence-electron chi connectivity index (χ0n) is 18.1. The number of hydrogen-bond acceptors (Lipinski definition) is 4. The molecule has 0 heterocycles. The molecule has 0 saturated heterocycles. The Balaban J connectivity index is 2.30. The zero-order chi connectivity index (χ0) is 21.2. The highest BCUT2D eigenvalue weighted by Crippen LogP contribution is 2.41. The number of carbonyl (C=O) groups excluding carboxylic acids is 1. The SMILES string of the molecule is CCOc1cc(NC(=O)Nc2c(CC)cccc2CC)cc(OCC)c1OCC. The summed E-state index contributed by atoms with van der Waals surface area (Å²) in [6.45, 7) is 11.3. The number of nitrogens with one attached hydrogen (secondary N) is 2. The van der Waals surface area contributed by atoms with Gasteiger partial charge >= 0.3 is 6.03 Å². The van der Waals surface area contributed by atoms with Crippen LogP contribution in [-0.4, -0.2) is 25.9 Å². The number of ether oxygens (including phenoxy) is 3. The third kappa shape index (κ3) is 5.79. The van der Waals surface area contributed by atoms with Crippen LogP contribution in [0.3, 0.4) is 0 Å². The van der Waals surface area contributed by atoms with Gasteiger partial charge in [0.1, 0.15) is 0 Å². The van der Waals surface area contributed by atoms with Crippen molar-refractivity contribution < 1.29 is 19.0 Å². The molecule has 0 saturated carbocycles. The third-order valence-corrected chi connectivity index (χ3v) is 4.40. The van der Waals surface area contributed by atoms with Crippen LogP contribution in [0.15, 0.2) is 30.3 Å². The van der Waals surface area contributed by atoms with Crippen LogP contribution >= 0.6 is 0 Å². The van der Waals surface area contributed by atoms with Crippen LogP contribution in [-0.2, 0) is 12.8 Å². The molecule has 0 atom stereocenters. The topological polar surface area (TPSA) is 68.8 Å². The Hall–Kier alpha value is -2.89. The molecule has 2 rings (SSSR count). The van der Waals surface area contributed by atoms with Gasteiger partial charge in [0, 0.05) is 17.8 Å². The van der Waals surface area contributed by atoms with E-state index >= 15 is 0 Å². The molecule has 0 aromatic heterocycles. The van der Waals surface area contributed by atoms with Crippen LogP contribution in [0.1, 0.15) is 45.7 Å². The van der Waals surface area contributed by atoms with Crippen LogP contribution < -0.4 is 24.8 Å². The van der Waals surface area contributed by atoms with Crippen molar-refractivity contribution in [3.8, 4) is 17.2 Å². The zero-order valence-corrected chi connectivity index (χ0v) is 18.1. The van der Waals surface area contributed by atoms with E-state index in [1.807, 2.05) is 39.0 Å². The lowest BCUT2D eigenvalue weighted by molar-refractivity contribution is 0.260. The molecule has 2 aromatic carbocycles. The molecule has 0 spiro atoms. The van der Waals surface area contributed by atoms with Crippen molar-refractivity contribution in [2.45, 2.75) is 47.5 Å².